The molecular formula is C7H15NO4S. The molecule has 0 spiro atoms. The molecule has 0 aromatic heterocycles. The predicted molar refractivity (Wildman–Crippen MR) is 48.9 cm³/mol. The summed E-state index contributed by atoms with van der Waals surface area (Å²) in [7, 11) is -3.76. The van der Waals surface area contributed by atoms with Crippen molar-refractivity contribution in [2.45, 2.75) is 31.1 Å². The molecule has 0 saturated carbocycles. The Morgan fingerprint density at radius 3 is 2.23 bits per heavy atom. The van der Waals surface area contributed by atoms with Crippen LogP contribution < -0.4 is 5.73 Å². The standard InChI is InChI=1S/C7H15NO4S/c1-3-4-5-7(8,6(9)10)13(2,11)12/h3-5,8H2,1-2H3,(H,9,10). The molecule has 0 aliphatic rings. The highest BCUT2D eigenvalue weighted by atomic mass is 32.2. The van der Waals surface area contributed by atoms with E-state index in [1.807, 2.05) is 6.92 Å². The van der Waals surface area contributed by atoms with Gasteiger partial charge >= 0.3 is 5.97 Å². The third kappa shape index (κ3) is 2.67. The molecule has 0 saturated heterocycles. The van der Waals surface area contributed by atoms with Gasteiger partial charge in [-0.05, 0) is 6.42 Å². The zero-order chi connectivity index (χ0) is 10.7. The summed E-state index contributed by atoms with van der Waals surface area (Å²) in [5.41, 5.74) is 5.32. The Kier molecular flexibility index (Phi) is 3.87. The summed E-state index contributed by atoms with van der Waals surface area (Å²) >= 11 is 0. The van der Waals surface area contributed by atoms with E-state index < -0.39 is 20.7 Å². The zero-order valence-corrected chi connectivity index (χ0v) is 8.60. The normalized spacial score (nSPS) is 16.5. The number of rotatable bonds is 5. The Balaban J connectivity index is 4.86. The molecule has 0 radical (unpaired) electrons. The lowest BCUT2D eigenvalue weighted by Crippen LogP contribution is -2.54. The van der Waals surface area contributed by atoms with Gasteiger partial charge in [0.25, 0.3) is 0 Å². The molecule has 0 aliphatic heterocycles. The highest BCUT2D eigenvalue weighted by Gasteiger charge is 2.43. The summed E-state index contributed by atoms with van der Waals surface area (Å²) in [6.07, 6.45) is 1.99. The van der Waals surface area contributed by atoms with Crippen LogP contribution in [0.1, 0.15) is 26.2 Å². The van der Waals surface area contributed by atoms with Gasteiger partial charge in [-0.1, -0.05) is 19.8 Å². The summed E-state index contributed by atoms with van der Waals surface area (Å²) in [6, 6.07) is 0. The second-order valence-corrected chi connectivity index (χ2v) is 5.34. The van der Waals surface area contributed by atoms with Crippen LogP contribution in [0, 0.1) is 0 Å². The lowest BCUT2D eigenvalue weighted by atomic mass is 10.1. The fraction of sp³-hybridized carbons (Fsp3) is 0.857. The number of carbonyl (C=O) groups is 1. The average molecular weight is 209 g/mol. The Morgan fingerprint density at radius 1 is 1.54 bits per heavy atom. The molecule has 3 N–H and O–H groups in total. The third-order valence-electron chi connectivity index (χ3n) is 1.93. The fourth-order valence-electron chi connectivity index (χ4n) is 0.890. The van der Waals surface area contributed by atoms with Crippen molar-refractivity contribution in [2.24, 2.45) is 5.73 Å². The van der Waals surface area contributed by atoms with Crippen LogP contribution in [0.15, 0.2) is 0 Å². The Bertz CT molecular complexity index is 285. The summed E-state index contributed by atoms with van der Waals surface area (Å²) in [5, 5.41) is 8.69. The van der Waals surface area contributed by atoms with Gasteiger partial charge in [0.15, 0.2) is 9.84 Å². The van der Waals surface area contributed by atoms with Crippen LogP contribution in [0.5, 0.6) is 0 Å². The summed E-state index contributed by atoms with van der Waals surface area (Å²) in [4.78, 5) is 8.55. The molecule has 0 rings (SSSR count). The molecular weight excluding hydrogens is 194 g/mol. The minimum Gasteiger partial charge on any atom is -0.479 e. The minimum atomic E-state index is -3.76. The van der Waals surface area contributed by atoms with Crippen LogP contribution in [0.3, 0.4) is 0 Å². The number of sulfone groups is 1. The second-order valence-electron chi connectivity index (χ2n) is 3.07. The number of carboxylic acid groups (broad SMARTS) is 1. The van der Waals surface area contributed by atoms with Crippen molar-refractivity contribution in [2.75, 3.05) is 6.26 Å². The van der Waals surface area contributed by atoms with E-state index in [9.17, 15) is 13.2 Å². The van der Waals surface area contributed by atoms with Crippen molar-refractivity contribution in [3.8, 4) is 0 Å². The molecule has 5 nitrogen and oxygen atoms in total. The zero-order valence-electron chi connectivity index (χ0n) is 7.78. The second kappa shape index (κ2) is 4.06. The molecule has 1 unspecified atom stereocenters. The Hall–Kier alpha value is -0.620. The fourth-order valence-corrected chi connectivity index (χ4v) is 1.72. The molecule has 78 valence electrons. The van der Waals surface area contributed by atoms with Crippen LogP contribution in [0.4, 0.5) is 0 Å². The van der Waals surface area contributed by atoms with E-state index in [-0.39, 0.29) is 6.42 Å². The van der Waals surface area contributed by atoms with Crippen LogP contribution >= 0.6 is 0 Å². The van der Waals surface area contributed by atoms with Crippen molar-refractivity contribution in [3.05, 3.63) is 0 Å². The van der Waals surface area contributed by atoms with Gasteiger partial charge in [-0.25, -0.2) is 13.2 Å². The van der Waals surface area contributed by atoms with Gasteiger partial charge in [-0.15, -0.1) is 0 Å². The van der Waals surface area contributed by atoms with Crippen molar-refractivity contribution < 1.29 is 18.3 Å². The largest absolute Gasteiger partial charge is 0.479 e. The van der Waals surface area contributed by atoms with E-state index in [1.54, 1.807) is 0 Å². The first-order valence-corrected chi connectivity index (χ1v) is 5.86. The van der Waals surface area contributed by atoms with E-state index in [1.165, 1.54) is 0 Å². The molecule has 1 atom stereocenters. The molecule has 0 heterocycles. The van der Waals surface area contributed by atoms with Crippen LogP contribution in [-0.4, -0.2) is 30.6 Å². The summed E-state index contributed by atoms with van der Waals surface area (Å²) < 4.78 is 22.2. The summed E-state index contributed by atoms with van der Waals surface area (Å²) in [6.45, 7) is 1.84. The summed E-state index contributed by atoms with van der Waals surface area (Å²) in [5.74, 6) is -1.48. The molecule has 6 heteroatoms. The van der Waals surface area contributed by atoms with E-state index >= 15 is 0 Å². The molecule has 0 aromatic carbocycles. The van der Waals surface area contributed by atoms with Gasteiger partial charge in [0.05, 0.1) is 0 Å². The number of carboxylic acids is 1. The smallest absolute Gasteiger partial charge is 0.339 e. The first kappa shape index (κ1) is 12.4. The van der Waals surface area contributed by atoms with Gasteiger partial charge in [-0.2, -0.15) is 0 Å². The SMILES string of the molecule is CCCCC(N)(C(=O)O)S(C)(=O)=O. The maximum absolute atomic E-state index is 11.1. The number of hydrogen-bond acceptors (Lipinski definition) is 4. The molecule has 0 bridgehead atoms. The molecule has 0 aliphatic carbocycles. The molecule has 0 aromatic rings. The highest BCUT2D eigenvalue weighted by molar-refractivity contribution is 7.92. The molecule has 0 amide bonds. The first-order chi connectivity index (χ1) is 5.75. The van der Waals surface area contributed by atoms with Crippen molar-refractivity contribution in [3.63, 3.8) is 0 Å². The van der Waals surface area contributed by atoms with Gasteiger partial charge < -0.3 is 10.8 Å². The third-order valence-corrected chi connectivity index (χ3v) is 3.63. The van der Waals surface area contributed by atoms with Crippen molar-refractivity contribution in [1.29, 1.82) is 0 Å². The van der Waals surface area contributed by atoms with Gasteiger partial charge in [0.2, 0.25) is 4.87 Å². The lowest BCUT2D eigenvalue weighted by Gasteiger charge is -2.21. The van der Waals surface area contributed by atoms with Gasteiger partial charge in [0, 0.05) is 6.26 Å². The van der Waals surface area contributed by atoms with E-state index in [4.69, 9.17) is 10.8 Å². The van der Waals surface area contributed by atoms with E-state index in [2.05, 4.69) is 0 Å². The highest BCUT2D eigenvalue weighted by Crippen LogP contribution is 2.18. The number of hydrogen-bond donors (Lipinski definition) is 2. The molecule has 13 heavy (non-hydrogen) atoms. The number of unbranched alkanes of at least 4 members (excludes halogenated alkanes) is 1. The quantitative estimate of drug-likeness (QED) is 0.662. The van der Waals surface area contributed by atoms with E-state index in [0.29, 0.717) is 12.8 Å². The van der Waals surface area contributed by atoms with Crippen LogP contribution in [-0.2, 0) is 14.6 Å². The monoisotopic (exact) mass is 209 g/mol. The van der Waals surface area contributed by atoms with Gasteiger partial charge in [0.1, 0.15) is 0 Å². The Labute approximate surface area is 77.8 Å². The topological polar surface area (TPSA) is 97.5 Å². The minimum absolute atomic E-state index is 0.0440. The number of nitrogens with two attached hydrogens (primary N) is 1. The first-order valence-electron chi connectivity index (χ1n) is 3.97. The van der Waals surface area contributed by atoms with Crippen LogP contribution in [0.25, 0.3) is 0 Å². The molecule has 0 fully saturated rings. The van der Waals surface area contributed by atoms with Crippen molar-refractivity contribution >= 4 is 15.8 Å². The lowest BCUT2D eigenvalue weighted by molar-refractivity contribution is -0.140. The predicted octanol–water partition coefficient (Wildman–Crippen LogP) is -0.0392. The van der Waals surface area contributed by atoms with Crippen molar-refractivity contribution in [1.82, 2.24) is 0 Å². The average Bonchev–Trinajstić information content (AvgIpc) is 1.97. The number of aliphatic carboxylic acids is 1. The maximum atomic E-state index is 11.1. The maximum Gasteiger partial charge on any atom is 0.339 e. The van der Waals surface area contributed by atoms with Gasteiger partial charge in [-0.3, -0.25) is 0 Å². The van der Waals surface area contributed by atoms with Crippen LogP contribution in [0.2, 0.25) is 0 Å². The Morgan fingerprint density at radius 2 is 2.00 bits per heavy atom. The van der Waals surface area contributed by atoms with E-state index in [0.717, 1.165) is 6.26 Å².